The summed E-state index contributed by atoms with van der Waals surface area (Å²) in [7, 11) is 3.27. The summed E-state index contributed by atoms with van der Waals surface area (Å²) in [5.41, 5.74) is 0.493. The summed E-state index contributed by atoms with van der Waals surface area (Å²) in [4.78, 5) is 13.7. The van der Waals surface area contributed by atoms with Gasteiger partial charge in [0.05, 0.1) is 7.11 Å². The van der Waals surface area contributed by atoms with Gasteiger partial charge in [-0.25, -0.2) is 0 Å². The topological polar surface area (TPSA) is 49.8 Å². The number of ether oxygens (including phenoxy) is 1. The van der Waals surface area contributed by atoms with Gasteiger partial charge >= 0.3 is 0 Å². The summed E-state index contributed by atoms with van der Waals surface area (Å²) in [5.74, 6) is 0.323. The molecule has 1 fully saturated rings. The lowest BCUT2D eigenvalue weighted by Gasteiger charge is -2.16. The first-order valence-electron chi connectivity index (χ1n) is 5.27. The Kier molecular flexibility index (Phi) is 2.73. The van der Waals surface area contributed by atoms with E-state index < -0.39 is 0 Å². The number of phenolic OH excluding ortho intramolecular Hbond substituents is 1. The molecule has 4 nitrogen and oxygen atoms in total. The smallest absolute Gasteiger partial charge is 0.253 e. The van der Waals surface area contributed by atoms with Crippen LogP contribution in [0.2, 0.25) is 0 Å². The number of rotatable bonds is 3. The van der Waals surface area contributed by atoms with Gasteiger partial charge in [0.15, 0.2) is 11.5 Å². The summed E-state index contributed by atoms with van der Waals surface area (Å²) in [6.45, 7) is 0. The average molecular weight is 221 g/mol. The molecule has 86 valence electrons. The second-order valence-corrected chi connectivity index (χ2v) is 4.03. The van der Waals surface area contributed by atoms with Crippen molar-refractivity contribution in [3.63, 3.8) is 0 Å². The number of amides is 1. The van der Waals surface area contributed by atoms with E-state index in [1.165, 1.54) is 13.2 Å². The molecule has 0 heterocycles. The van der Waals surface area contributed by atoms with Crippen molar-refractivity contribution in [2.24, 2.45) is 0 Å². The fourth-order valence-electron chi connectivity index (χ4n) is 1.65. The van der Waals surface area contributed by atoms with Gasteiger partial charge < -0.3 is 14.7 Å². The van der Waals surface area contributed by atoms with E-state index in [1.807, 2.05) is 0 Å². The Hall–Kier alpha value is -1.71. The van der Waals surface area contributed by atoms with Crippen LogP contribution in [-0.2, 0) is 0 Å². The molecule has 0 bridgehead atoms. The zero-order chi connectivity index (χ0) is 11.7. The van der Waals surface area contributed by atoms with Gasteiger partial charge in [-0.1, -0.05) is 0 Å². The van der Waals surface area contributed by atoms with Crippen molar-refractivity contribution in [1.82, 2.24) is 4.90 Å². The molecule has 0 saturated heterocycles. The Morgan fingerprint density at radius 2 is 2.19 bits per heavy atom. The van der Waals surface area contributed by atoms with Crippen molar-refractivity contribution in [2.45, 2.75) is 18.9 Å². The number of methoxy groups -OCH3 is 1. The quantitative estimate of drug-likeness (QED) is 0.844. The molecule has 2 rings (SSSR count). The van der Waals surface area contributed by atoms with Gasteiger partial charge in [0.2, 0.25) is 0 Å². The van der Waals surface area contributed by atoms with E-state index in [4.69, 9.17) is 4.74 Å². The Balaban J connectivity index is 2.20. The van der Waals surface area contributed by atoms with E-state index in [-0.39, 0.29) is 11.7 Å². The molecule has 1 aromatic rings. The molecule has 1 N–H and O–H groups in total. The van der Waals surface area contributed by atoms with Crippen LogP contribution in [0.1, 0.15) is 23.2 Å². The summed E-state index contributed by atoms with van der Waals surface area (Å²) in [5, 5.41) is 9.58. The fourth-order valence-corrected chi connectivity index (χ4v) is 1.65. The predicted molar refractivity (Wildman–Crippen MR) is 59.8 cm³/mol. The molecule has 1 saturated carbocycles. The van der Waals surface area contributed by atoms with Crippen molar-refractivity contribution in [3.8, 4) is 11.5 Å². The van der Waals surface area contributed by atoms with E-state index in [1.54, 1.807) is 24.1 Å². The summed E-state index contributed by atoms with van der Waals surface area (Å²) in [6, 6.07) is 5.08. The minimum Gasteiger partial charge on any atom is -0.504 e. The predicted octanol–water partition coefficient (Wildman–Crippen LogP) is 1.64. The molecule has 0 spiro atoms. The van der Waals surface area contributed by atoms with Crippen molar-refractivity contribution in [2.75, 3.05) is 14.2 Å². The Morgan fingerprint density at radius 3 is 2.69 bits per heavy atom. The molecule has 1 aliphatic carbocycles. The number of benzene rings is 1. The Labute approximate surface area is 94.4 Å². The highest BCUT2D eigenvalue weighted by Crippen LogP contribution is 2.30. The van der Waals surface area contributed by atoms with Crippen LogP contribution >= 0.6 is 0 Å². The normalized spacial score (nSPS) is 14.6. The van der Waals surface area contributed by atoms with E-state index in [0.29, 0.717) is 17.4 Å². The van der Waals surface area contributed by atoms with Crippen molar-refractivity contribution in [3.05, 3.63) is 23.8 Å². The number of hydrogen-bond donors (Lipinski definition) is 1. The standard InChI is InChI=1S/C12H15NO3/c1-13(9-4-5-9)12(15)8-3-6-11(16-2)10(14)7-8/h3,6-7,9,14H,4-5H2,1-2H3. The maximum Gasteiger partial charge on any atom is 0.253 e. The summed E-state index contributed by atoms with van der Waals surface area (Å²) in [6.07, 6.45) is 2.15. The average Bonchev–Trinajstić information content (AvgIpc) is 3.11. The van der Waals surface area contributed by atoms with Crippen LogP contribution in [0, 0.1) is 0 Å². The molecule has 0 aromatic heterocycles. The molecule has 1 amide bonds. The van der Waals surface area contributed by atoms with Crippen molar-refractivity contribution < 1.29 is 14.6 Å². The molecular formula is C12H15NO3. The molecule has 4 heteroatoms. The highest BCUT2D eigenvalue weighted by molar-refractivity contribution is 5.95. The van der Waals surface area contributed by atoms with Crippen LogP contribution in [-0.4, -0.2) is 36.1 Å². The third kappa shape index (κ3) is 1.96. The van der Waals surface area contributed by atoms with Gasteiger partial charge in [0.25, 0.3) is 5.91 Å². The third-order valence-corrected chi connectivity index (χ3v) is 2.84. The second kappa shape index (κ2) is 4.04. The van der Waals surface area contributed by atoms with Crippen molar-refractivity contribution >= 4 is 5.91 Å². The lowest BCUT2D eigenvalue weighted by Crippen LogP contribution is -2.28. The lowest BCUT2D eigenvalue weighted by atomic mass is 10.2. The first-order chi connectivity index (χ1) is 7.63. The largest absolute Gasteiger partial charge is 0.504 e. The maximum absolute atomic E-state index is 12.0. The van der Waals surface area contributed by atoms with Crippen LogP contribution in [0.4, 0.5) is 0 Å². The lowest BCUT2D eigenvalue weighted by molar-refractivity contribution is 0.0784. The van der Waals surface area contributed by atoms with Gasteiger partial charge in [0, 0.05) is 18.7 Å². The molecule has 0 aliphatic heterocycles. The number of nitrogens with zero attached hydrogens (tertiary/aromatic N) is 1. The van der Waals surface area contributed by atoms with Gasteiger partial charge in [-0.05, 0) is 31.0 Å². The molecule has 0 unspecified atom stereocenters. The second-order valence-electron chi connectivity index (χ2n) is 4.03. The molecule has 0 radical (unpaired) electrons. The van der Waals surface area contributed by atoms with Crippen LogP contribution in [0.25, 0.3) is 0 Å². The highest BCUT2D eigenvalue weighted by Gasteiger charge is 2.30. The Bertz CT molecular complexity index is 413. The molecular weight excluding hydrogens is 206 g/mol. The van der Waals surface area contributed by atoms with Gasteiger partial charge in [-0.2, -0.15) is 0 Å². The number of hydrogen-bond acceptors (Lipinski definition) is 3. The number of aromatic hydroxyl groups is 1. The first-order valence-corrected chi connectivity index (χ1v) is 5.27. The molecule has 0 atom stereocenters. The minimum absolute atomic E-state index is 0.00227. The minimum atomic E-state index is -0.0551. The number of carbonyl (C=O) groups is 1. The van der Waals surface area contributed by atoms with Crippen LogP contribution in [0.5, 0.6) is 11.5 Å². The van der Waals surface area contributed by atoms with Crippen LogP contribution < -0.4 is 4.74 Å². The maximum atomic E-state index is 12.0. The van der Waals surface area contributed by atoms with E-state index in [0.717, 1.165) is 12.8 Å². The Morgan fingerprint density at radius 1 is 1.50 bits per heavy atom. The first kappa shape index (κ1) is 10.8. The van der Waals surface area contributed by atoms with Gasteiger partial charge in [-0.3, -0.25) is 4.79 Å². The van der Waals surface area contributed by atoms with Crippen molar-refractivity contribution in [1.29, 1.82) is 0 Å². The third-order valence-electron chi connectivity index (χ3n) is 2.84. The highest BCUT2D eigenvalue weighted by atomic mass is 16.5. The molecule has 1 aromatic carbocycles. The molecule has 1 aliphatic rings. The van der Waals surface area contributed by atoms with E-state index in [9.17, 15) is 9.90 Å². The van der Waals surface area contributed by atoms with Crippen LogP contribution in [0.3, 0.4) is 0 Å². The van der Waals surface area contributed by atoms with E-state index in [2.05, 4.69) is 0 Å². The summed E-state index contributed by atoms with van der Waals surface area (Å²) < 4.78 is 4.93. The summed E-state index contributed by atoms with van der Waals surface area (Å²) >= 11 is 0. The molecule has 16 heavy (non-hydrogen) atoms. The fraction of sp³-hybridized carbons (Fsp3) is 0.417. The van der Waals surface area contributed by atoms with Gasteiger partial charge in [0.1, 0.15) is 0 Å². The van der Waals surface area contributed by atoms with Gasteiger partial charge in [-0.15, -0.1) is 0 Å². The van der Waals surface area contributed by atoms with E-state index >= 15 is 0 Å². The van der Waals surface area contributed by atoms with Crippen LogP contribution in [0.15, 0.2) is 18.2 Å². The zero-order valence-electron chi connectivity index (χ0n) is 9.43. The SMILES string of the molecule is COc1ccc(C(=O)N(C)C2CC2)cc1O. The zero-order valence-corrected chi connectivity index (χ0v) is 9.43. The monoisotopic (exact) mass is 221 g/mol. The number of carbonyl (C=O) groups excluding carboxylic acids is 1. The number of phenols is 1.